The summed E-state index contributed by atoms with van der Waals surface area (Å²) in [5.74, 6) is 0.631. The number of Topliss-reactive ketones (excluding diaryl/α,β-unsaturated/α-hetero) is 1. The van der Waals surface area contributed by atoms with E-state index in [4.69, 9.17) is 21.7 Å². The molecular formula is C24H26O6. The Morgan fingerprint density at radius 2 is 1.87 bits per heavy atom. The molecule has 6 heteroatoms. The Bertz CT molecular complexity index is 1050. The SMILES string of the molecule is [2H]C([2H])Oc1ccc(-c2cccc3c2CCC3=O)c(OCC2(C(=O)OCC)CC2)c1OC. The van der Waals surface area contributed by atoms with Gasteiger partial charge in [0.1, 0.15) is 12.0 Å². The van der Waals surface area contributed by atoms with Gasteiger partial charge in [-0.1, -0.05) is 18.2 Å². The van der Waals surface area contributed by atoms with Crippen molar-refractivity contribution >= 4 is 11.8 Å². The summed E-state index contributed by atoms with van der Waals surface area (Å²) in [6.07, 6.45) is 2.46. The summed E-state index contributed by atoms with van der Waals surface area (Å²) in [4.78, 5) is 24.7. The Kier molecular flexibility index (Phi) is 4.76. The first-order valence-electron chi connectivity index (χ1n) is 11.2. The predicted octanol–water partition coefficient (Wildman–Crippen LogP) is 4.22. The van der Waals surface area contributed by atoms with E-state index in [1.807, 2.05) is 18.2 Å². The maximum atomic E-state index is 12.4. The van der Waals surface area contributed by atoms with Gasteiger partial charge < -0.3 is 18.9 Å². The second-order valence-corrected chi connectivity index (χ2v) is 7.64. The van der Waals surface area contributed by atoms with Crippen LogP contribution in [0.2, 0.25) is 0 Å². The summed E-state index contributed by atoms with van der Waals surface area (Å²) in [6, 6.07) is 9.00. The first kappa shape index (κ1) is 17.8. The second-order valence-electron chi connectivity index (χ2n) is 7.64. The Balaban J connectivity index is 1.77. The van der Waals surface area contributed by atoms with Crippen LogP contribution in [0.3, 0.4) is 0 Å². The first-order valence-corrected chi connectivity index (χ1v) is 10.1. The molecular weight excluding hydrogens is 384 g/mol. The van der Waals surface area contributed by atoms with Crippen LogP contribution in [0, 0.1) is 5.41 Å². The minimum Gasteiger partial charge on any atom is -0.493 e. The van der Waals surface area contributed by atoms with Gasteiger partial charge in [-0.05, 0) is 49.4 Å². The van der Waals surface area contributed by atoms with Crippen molar-refractivity contribution in [2.75, 3.05) is 27.4 Å². The number of methoxy groups -OCH3 is 2. The van der Waals surface area contributed by atoms with E-state index in [2.05, 4.69) is 0 Å². The Morgan fingerprint density at radius 3 is 2.57 bits per heavy atom. The van der Waals surface area contributed by atoms with Crippen LogP contribution in [0.15, 0.2) is 30.3 Å². The molecule has 2 aromatic rings. The van der Waals surface area contributed by atoms with Crippen molar-refractivity contribution in [3.05, 3.63) is 41.5 Å². The van der Waals surface area contributed by atoms with Crippen LogP contribution < -0.4 is 14.2 Å². The standard InChI is InChI=1S/C24H26O6/c1-4-29-23(26)24(12-13-24)14-30-21-18(9-11-20(27-2)22(21)28-3)15-6-5-7-17-16(15)8-10-19(17)25/h5-7,9,11H,4,8,10,12-14H2,1-3H3/i2D2. The molecule has 0 spiro atoms. The Labute approximate surface area is 178 Å². The molecule has 4 rings (SSSR count). The highest BCUT2D eigenvalue weighted by Gasteiger charge is 2.52. The lowest BCUT2D eigenvalue weighted by Gasteiger charge is -2.21. The molecule has 0 heterocycles. The van der Waals surface area contributed by atoms with E-state index < -0.39 is 12.5 Å². The molecule has 0 saturated heterocycles. The summed E-state index contributed by atoms with van der Waals surface area (Å²) >= 11 is 0. The lowest BCUT2D eigenvalue weighted by Crippen LogP contribution is -2.26. The maximum Gasteiger partial charge on any atom is 0.315 e. The van der Waals surface area contributed by atoms with Gasteiger partial charge >= 0.3 is 5.97 Å². The Hall–Kier alpha value is -3.02. The highest BCUT2D eigenvalue weighted by molar-refractivity contribution is 6.02. The number of carbonyl (C=O) groups excluding carboxylic acids is 2. The topological polar surface area (TPSA) is 71.1 Å². The predicted molar refractivity (Wildman–Crippen MR) is 111 cm³/mol. The lowest BCUT2D eigenvalue weighted by molar-refractivity contribution is -0.150. The zero-order chi connectivity index (χ0) is 22.9. The van der Waals surface area contributed by atoms with Crippen molar-refractivity contribution in [3.8, 4) is 28.4 Å². The number of hydrogen-bond donors (Lipinski definition) is 0. The highest BCUT2D eigenvalue weighted by Crippen LogP contribution is 2.51. The molecule has 1 fully saturated rings. The first-order chi connectivity index (χ1) is 15.4. The van der Waals surface area contributed by atoms with E-state index in [0.29, 0.717) is 49.2 Å². The summed E-state index contributed by atoms with van der Waals surface area (Å²) < 4.78 is 37.2. The molecule has 2 aliphatic rings. The van der Waals surface area contributed by atoms with E-state index >= 15 is 0 Å². The van der Waals surface area contributed by atoms with Crippen LogP contribution in [0.4, 0.5) is 0 Å². The highest BCUT2D eigenvalue weighted by atomic mass is 16.5. The summed E-state index contributed by atoms with van der Waals surface area (Å²) in [7, 11) is -0.0886. The summed E-state index contributed by atoms with van der Waals surface area (Å²) in [5.41, 5.74) is 2.52. The molecule has 0 aliphatic heterocycles. The summed E-state index contributed by atoms with van der Waals surface area (Å²) in [5, 5.41) is 0. The van der Waals surface area contributed by atoms with Crippen molar-refractivity contribution in [3.63, 3.8) is 0 Å². The molecule has 1 saturated carbocycles. The van der Waals surface area contributed by atoms with Crippen LogP contribution >= 0.6 is 0 Å². The van der Waals surface area contributed by atoms with Crippen LogP contribution in [0.1, 0.15) is 44.8 Å². The fourth-order valence-corrected chi connectivity index (χ4v) is 3.98. The third kappa shape index (κ3) is 3.40. The van der Waals surface area contributed by atoms with Gasteiger partial charge in [-0.3, -0.25) is 9.59 Å². The molecule has 0 N–H and O–H groups in total. The van der Waals surface area contributed by atoms with Gasteiger partial charge in [0.2, 0.25) is 5.75 Å². The number of carbonyl (C=O) groups is 2. The van der Waals surface area contributed by atoms with Crippen LogP contribution in [-0.2, 0) is 16.0 Å². The van der Waals surface area contributed by atoms with Crippen LogP contribution in [-0.4, -0.2) is 39.1 Å². The third-order valence-electron chi connectivity index (χ3n) is 5.83. The minimum atomic E-state index is -1.55. The van der Waals surface area contributed by atoms with Gasteiger partial charge in [-0.15, -0.1) is 0 Å². The second kappa shape index (κ2) is 8.01. The molecule has 0 bridgehead atoms. The van der Waals surface area contributed by atoms with Gasteiger partial charge in [0.15, 0.2) is 17.3 Å². The lowest BCUT2D eigenvalue weighted by atomic mass is 9.95. The average molecular weight is 412 g/mol. The van der Waals surface area contributed by atoms with Gasteiger partial charge in [-0.2, -0.15) is 0 Å². The van der Waals surface area contributed by atoms with Gasteiger partial charge in [0.25, 0.3) is 0 Å². The molecule has 0 atom stereocenters. The number of benzene rings is 2. The molecule has 2 aromatic carbocycles. The van der Waals surface area contributed by atoms with Gasteiger partial charge in [0.05, 0.1) is 23.5 Å². The average Bonchev–Trinajstić information content (AvgIpc) is 3.48. The van der Waals surface area contributed by atoms with E-state index in [-0.39, 0.29) is 29.9 Å². The molecule has 6 nitrogen and oxygen atoms in total. The van der Waals surface area contributed by atoms with E-state index in [1.54, 1.807) is 19.1 Å². The number of rotatable bonds is 8. The molecule has 0 unspecified atom stereocenters. The van der Waals surface area contributed by atoms with E-state index in [9.17, 15) is 9.59 Å². The normalized spacial score (nSPS) is 17.1. The number of ketones is 1. The quantitative estimate of drug-likeness (QED) is 0.605. The monoisotopic (exact) mass is 412 g/mol. The van der Waals surface area contributed by atoms with Gasteiger partial charge in [-0.25, -0.2) is 0 Å². The molecule has 0 aromatic heterocycles. The molecule has 158 valence electrons. The molecule has 0 radical (unpaired) electrons. The van der Waals surface area contributed by atoms with Crippen LogP contribution in [0.25, 0.3) is 11.1 Å². The Morgan fingerprint density at radius 1 is 1.07 bits per heavy atom. The smallest absolute Gasteiger partial charge is 0.315 e. The number of hydrogen-bond acceptors (Lipinski definition) is 6. The zero-order valence-electron chi connectivity index (χ0n) is 19.2. The van der Waals surface area contributed by atoms with Gasteiger partial charge in [0, 0.05) is 17.5 Å². The molecule has 2 aliphatic carbocycles. The van der Waals surface area contributed by atoms with Crippen molar-refractivity contribution in [2.45, 2.75) is 32.6 Å². The third-order valence-corrected chi connectivity index (χ3v) is 5.83. The van der Waals surface area contributed by atoms with Crippen molar-refractivity contribution < 1.29 is 31.3 Å². The zero-order valence-corrected chi connectivity index (χ0v) is 17.2. The van der Waals surface area contributed by atoms with E-state index in [0.717, 1.165) is 11.1 Å². The minimum absolute atomic E-state index is 0.109. The maximum absolute atomic E-state index is 12.4. The molecule has 0 amide bonds. The van der Waals surface area contributed by atoms with Crippen molar-refractivity contribution in [1.29, 1.82) is 0 Å². The largest absolute Gasteiger partial charge is 0.493 e. The van der Waals surface area contributed by atoms with E-state index in [1.165, 1.54) is 7.11 Å². The number of esters is 1. The van der Waals surface area contributed by atoms with Crippen molar-refractivity contribution in [2.24, 2.45) is 5.41 Å². The fourth-order valence-electron chi connectivity index (χ4n) is 3.98. The number of fused-ring (bicyclic) bond motifs is 1. The van der Waals surface area contributed by atoms with Crippen LogP contribution in [0.5, 0.6) is 17.2 Å². The molecule has 30 heavy (non-hydrogen) atoms. The fraction of sp³-hybridized carbons (Fsp3) is 0.417. The number of ether oxygens (including phenoxy) is 4. The van der Waals surface area contributed by atoms with Crippen molar-refractivity contribution in [1.82, 2.24) is 0 Å². The summed E-state index contributed by atoms with van der Waals surface area (Å²) in [6.45, 7) is 2.18.